The van der Waals surface area contributed by atoms with Gasteiger partial charge in [-0.25, -0.2) is 0 Å². The Bertz CT molecular complexity index is 569. The quantitative estimate of drug-likeness (QED) is 0.759. The van der Waals surface area contributed by atoms with E-state index in [1.807, 2.05) is 6.07 Å². The monoisotopic (exact) mass is 358 g/mol. The summed E-state index contributed by atoms with van der Waals surface area (Å²) in [4.78, 5) is 15.1. The number of carbonyl (C=O) groups is 1. The Hall–Kier alpha value is -1.39. The third-order valence-corrected chi connectivity index (χ3v) is 5.92. The largest absolute Gasteiger partial charge is 0.385 e. The topological polar surface area (TPSA) is 41.6 Å². The van der Waals surface area contributed by atoms with Crippen LogP contribution in [0.25, 0.3) is 0 Å². The number of methoxy groups -OCH3 is 1. The molecule has 1 amide bonds. The smallest absolute Gasteiger partial charge is 0.253 e. The molecule has 2 aliphatic heterocycles. The summed E-state index contributed by atoms with van der Waals surface area (Å²) in [5.41, 5.74) is 2.19. The second-order valence-corrected chi connectivity index (χ2v) is 7.99. The molecular formula is C22H34N2O2. The first kappa shape index (κ1) is 19.4. The molecule has 2 aliphatic rings. The van der Waals surface area contributed by atoms with E-state index in [0.29, 0.717) is 5.92 Å². The lowest BCUT2D eigenvalue weighted by Gasteiger charge is -2.33. The normalized spacial score (nSPS) is 21.7. The molecule has 2 fully saturated rings. The highest BCUT2D eigenvalue weighted by molar-refractivity contribution is 5.94. The van der Waals surface area contributed by atoms with Gasteiger partial charge in [0.1, 0.15) is 0 Å². The van der Waals surface area contributed by atoms with Crippen LogP contribution in [-0.2, 0) is 11.2 Å². The number of hydrogen-bond donors (Lipinski definition) is 1. The lowest BCUT2D eigenvalue weighted by molar-refractivity contribution is 0.0660. The minimum absolute atomic E-state index is 0.216. The minimum atomic E-state index is 0.216. The van der Waals surface area contributed by atoms with E-state index in [1.165, 1.54) is 24.8 Å². The third kappa shape index (κ3) is 5.55. The molecule has 1 aromatic rings. The summed E-state index contributed by atoms with van der Waals surface area (Å²) < 4.78 is 5.17. The van der Waals surface area contributed by atoms with Gasteiger partial charge in [0.05, 0.1) is 0 Å². The average molecular weight is 359 g/mol. The van der Waals surface area contributed by atoms with Crippen molar-refractivity contribution >= 4 is 5.91 Å². The van der Waals surface area contributed by atoms with E-state index in [0.717, 1.165) is 70.0 Å². The Balaban J connectivity index is 1.57. The van der Waals surface area contributed by atoms with E-state index >= 15 is 0 Å². The van der Waals surface area contributed by atoms with Crippen molar-refractivity contribution in [3.63, 3.8) is 0 Å². The fourth-order valence-corrected chi connectivity index (χ4v) is 4.43. The van der Waals surface area contributed by atoms with Crippen molar-refractivity contribution in [1.82, 2.24) is 10.2 Å². The average Bonchev–Trinajstić information content (AvgIpc) is 2.69. The third-order valence-electron chi connectivity index (χ3n) is 5.92. The molecule has 2 saturated heterocycles. The standard InChI is InChI=1S/C22H34N2O2/c1-26-14-4-7-19-6-3-13-24(17-19)22(25)21-8-2-5-20(16-21)15-18-9-11-23-12-10-18/h2,5,8,16,18-19,23H,3-4,6-7,9-15,17H2,1H3. The molecule has 0 spiro atoms. The fourth-order valence-electron chi connectivity index (χ4n) is 4.43. The highest BCUT2D eigenvalue weighted by Gasteiger charge is 2.24. The number of ether oxygens (including phenoxy) is 1. The molecule has 1 aromatic carbocycles. The van der Waals surface area contributed by atoms with E-state index in [9.17, 15) is 4.79 Å². The number of nitrogens with zero attached hydrogens (tertiary/aromatic N) is 1. The minimum Gasteiger partial charge on any atom is -0.385 e. The second kappa shape index (κ2) is 10.1. The van der Waals surface area contributed by atoms with Crippen molar-refractivity contribution in [3.8, 4) is 0 Å². The van der Waals surface area contributed by atoms with Gasteiger partial charge < -0.3 is 15.0 Å². The molecule has 0 radical (unpaired) electrons. The zero-order chi connectivity index (χ0) is 18.2. The summed E-state index contributed by atoms with van der Waals surface area (Å²) in [5, 5.41) is 3.43. The SMILES string of the molecule is COCCCC1CCCN(C(=O)c2cccc(CC3CCNCC3)c2)C1. The van der Waals surface area contributed by atoms with E-state index < -0.39 is 0 Å². The molecule has 4 nitrogen and oxygen atoms in total. The Morgan fingerprint density at radius 1 is 1.23 bits per heavy atom. The summed E-state index contributed by atoms with van der Waals surface area (Å²) in [6.07, 6.45) is 8.20. The maximum absolute atomic E-state index is 13.0. The van der Waals surface area contributed by atoms with Crippen LogP contribution in [0.1, 0.15) is 54.4 Å². The summed E-state index contributed by atoms with van der Waals surface area (Å²) in [7, 11) is 1.76. The van der Waals surface area contributed by atoms with Crippen molar-refractivity contribution in [3.05, 3.63) is 35.4 Å². The van der Waals surface area contributed by atoms with Crippen LogP contribution in [0.3, 0.4) is 0 Å². The van der Waals surface area contributed by atoms with Crippen LogP contribution in [0.5, 0.6) is 0 Å². The molecule has 1 atom stereocenters. The Morgan fingerprint density at radius 3 is 2.88 bits per heavy atom. The maximum Gasteiger partial charge on any atom is 0.253 e. The van der Waals surface area contributed by atoms with Crippen molar-refractivity contribution in [1.29, 1.82) is 0 Å². The molecule has 0 aromatic heterocycles. The molecule has 0 bridgehead atoms. The molecule has 1 unspecified atom stereocenters. The fraction of sp³-hybridized carbons (Fsp3) is 0.682. The molecule has 3 rings (SSSR count). The van der Waals surface area contributed by atoms with Gasteiger partial charge in [-0.1, -0.05) is 12.1 Å². The van der Waals surface area contributed by atoms with Gasteiger partial charge in [0.25, 0.3) is 5.91 Å². The van der Waals surface area contributed by atoms with Crippen molar-refractivity contribution < 1.29 is 9.53 Å². The first-order valence-electron chi connectivity index (χ1n) is 10.3. The Morgan fingerprint density at radius 2 is 2.08 bits per heavy atom. The zero-order valence-corrected chi connectivity index (χ0v) is 16.2. The maximum atomic E-state index is 13.0. The highest BCUT2D eigenvalue weighted by Crippen LogP contribution is 2.24. The number of rotatable bonds is 7. The van der Waals surface area contributed by atoms with Gasteiger partial charge in [0.15, 0.2) is 0 Å². The molecular weight excluding hydrogens is 324 g/mol. The van der Waals surface area contributed by atoms with Crippen molar-refractivity contribution in [2.75, 3.05) is 39.9 Å². The number of benzene rings is 1. The summed E-state index contributed by atoms with van der Waals surface area (Å²) >= 11 is 0. The van der Waals surface area contributed by atoms with Crippen molar-refractivity contribution in [2.45, 2.75) is 44.9 Å². The van der Waals surface area contributed by atoms with Crippen LogP contribution >= 0.6 is 0 Å². The molecule has 4 heteroatoms. The number of piperidine rings is 2. The van der Waals surface area contributed by atoms with Crippen LogP contribution in [0.4, 0.5) is 0 Å². The number of amides is 1. The lowest BCUT2D eigenvalue weighted by Crippen LogP contribution is -2.40. The van der Waals surface area contributed by atoms with Crippen molar-refractivity contribution in [2.24, 2.45) is 11.8 Å². The van der Waals surface area contributed by atoms with Crippen LogP contribution < -0.4 is 5.32 Å². The van der Waals surface area contributed by atoms with E-state index in [4.69, 9.17) is 4.74 Å². The summed E-state index contributed by atoms with van der Waals surface area (Å²) in [5.74, 6) is 1.59. The predicted octanol–water partition coefficient (Wildman–Crippen LogP) is 3.51. The number of nitrogens with one attached hydrogen (secondary N) is 1. The predicted molar refractivity (Wildman–Crippen MR) is 105 cm³/mol. The first-order chi connectivity index (χ1) is 12.8. The van der Waals surface area contributed by atoms with E-state index in [-0.39, 0.29) is 5.91 Å². The zero-order valence-electron chi connectivity index (χ0n) is 16.2. The summed E-state index contributed by atoms with van der Waals surface area (Å²) in [6, 6.07) is 8.37. The van der Waals surface area contributed by atoms with E-state index in [2.05, 4.69) is 28.4 Å². The van der Waals surface area contributed by atoms with Gasteiger partial charge in [-0.2, -0.15) is 0 Å². The van der Waals surface area contributed by atoms with Gasteiger partial charge in [-0.3, -0.25) is 4.79 Å². The van der Waals surface area contributed by atoms with Crippen LogP contribution in [0.15, 0.2) is 24.3 Å². The van der Waals surface area contributed by atoms with E-state index in [1.54, 1.807) is 7.11 Å². The summed E-state index contributed by atoms with van der Waals surface area (Å²) in [6.45, 7) is 4.88. The molecule has 0 aliphatic carbocycles. The van der Waals surface area contributed by atoms with Gasteiger partial charge in [-0.05, 0) is 87.6 Å². The van der Waals surface area contributed by atoms with Gasteiger partial charge in [0.2, 0.25) is 0 Å². The van der Waals surface area contributed by atoms with Gasteiger partial charge in [-0.15, -0.1) is 0 Å². The lowest BCUT2D eigenvalue weighted by atomic mass is 9.90. The van der Waals surface area contributed by atoms with Gasteiger partial charge >= 0.3 is 0 Å². The molecule has 1 N–H and O–H groups in total. The Labute approximate surface area is 158 Å². The van der Waals surface area contributed by atoms with Crippen LogP contribution in [-0.4, -0.2) is 50.7 Å². The Kier molecular flexibility index (Phi) is 7.51. The van der Waals surface area contributed by atoms with Crippen LogP contribution in [0, 0.1) is 11.8 Å². The molecule has 2 heterocycles. The second-order valence-electron chi connectivity index (χ2n) is 7.99. The first-order valence-corrected chi connectivity index (χ1v) is 10.3. The highest BCUT2D eigenvalue weighted by atomic mass is 16.5. The molecule has 0 saturated carbocycles. The number of carbonyl (C=O) groups excluding carboxylic acids is 1. The number of likely N-dealkylation sites (tertiary alicyclic amines) is 1. The molecule has 26 heavy (non-hydrogen) atoms. The van der Waals surface area contributed by atoms with Crippen LogP contribution in [0.2, 0.25) is 0 Å². The van der Waals surface area contributed by atoms with Gasteiger partial charge in [0, 0.05) is 32.4 Å². The number of hydrogen-bond acceptors (Lipinski definition) is 3. The molecule has 144 valence electrons.